The molecule has 45 heavy (non-hydrogen) atoms. The quantitative estimate of drug-likeness (QED) is 0.0781. The van der Waals surface area contributed by atoms with Gasteiger partial charge in [-0.1, -0.05) is 198 Å². The van der Waals surface area contributed by atoms with Crippen LogP contribution in [0.5, 0.6) is 5.75 Å². The van der Waals surface area contributed by atoms with Gasteiger partial charge in [0, 0.05) is 6.61 Å². The molecule has 1 atom stereocenters. The van der Waals surface area contributed by atoms with Crippen LogP contribution in [-0.4, -0.2) is 13.2 Å². The summed E-state index contributed by atoms with van der Waals surface area (Å²) in [4.78, 5) is 0. The fourth-order valence-corrected chi connectivity index (χ4v) is 6.30. The van der Waals surface area contributed by atoms with Crippen LogP contribution in [-0.2, 0) is 4.74 Å². The van der Waals surface area contributed by atoms with Gasteiger partial charge in [-0.05, 0) is 48.6 Å². The van der Waals surface area contributed by atoms with Crippen LogP contribution in [0.3, 0.4) is 0 Å². The Morgan fingerprint density at radius 1 is 0.400 bits per heavy atom. The van der Waals surface area contributed by atoms with E-state index in [0.29, 0.717) is 0 Å². The number of ether oxygens (including phenoxy) is 2. The molecule has 2 rings (SSSR count). The van der Waals surface area contributed by atoms with E-state index in [1.165, 1.54) is 171 Å². The molecule has 0 saturated heterocycles. The molecule has 2 aromatic rings. The van der Waals surface area contributed by atoms with Gasteiger partial charge in [0.25, 0.3) is 0 Å². The molecule has 0 aliphatic heterocycles. The standard InChI is InChI=1S/C43H72O2/c1-4-6-8-10-12-14-16-18-20-22-24-26-28-38-45-43-35-33-42(34-36-43)41-31-29-40(30-32-41)39(3)44-37-27-25-23-21-19-17-15-13-11-9-7-5-2/h29-36,39H,4-28,37-38H2,1-3H3. The lowest BCUT2D eigenvalue weighted by molar-refractivity contribution is 0.0627. The lowest BCUT2D eigenvalue weighted by Crippen LogP contribution is -2.01. The van der Waals surface area contributed by atoms with Crippen molar-refractivity contribution in [1.29, 1.82) is 0 Å². The Hall–Kier alpha value is -1.80. The third kappa shape index (κ3) is 20.8. The first-order valence-electron chi connectivity index (χ1n) is 19.7. The van der Waals surface area contributed by atoms with Crippen molar-refractivity contribution in [1.82, 2.24) is 0 Å². The second-order valence-electron chi connectivity index (χ2n) is 13.6. The van der Waals surface area contributed by atoms with Crippen molar-refractivity contribution in [3.63, 3.8) is 0 Å². The van der Waals surface area contributed by atoms with Gasteiger partial charge in [-0.2, -0.15) is 0 Å². The molecule has 0 aliphatic carbocycles. The summed E-state index contributed by atoms with van der Waals surface area (Å²) in [5, 5.41) is 0. The van der Waals surface area contributed by atoms with Crippen LogP contribution in [0.15, 0.2) is 48.5 Å². The molecule has 2 nitrogen and oxygen atoms in total. The maximum Gasteiger partial charge on any atom is 0.119 e. The first kappa shape index (κ1) is 39.4. The zero-order valence-corrected chi connectivity index (χ0v) is 30.1. The molecule has 0 radical (unpaired) electrons. The topological polar surface area (TPSA) is 18.5 Å². The van der Waals surface area contributed by atoms with E-state index >= 15 is 0 Å². The van der Waals surface area contributed by atoms with Crippen LogP contribution in [0.2, 0.25) is 0 Å². The van der Waals surface area contributed by atoms with Gasteiger partial charge in [0.05, 0.1) is 12.7 Å². The van der Waals surface area contributed by atoms with E-state index in [9.17, 15) is 0 Å². The van der Waals surface area contributed by atoms with E-state index in [0.717, 1.165) is 25.4 Å². The van der Waals surface area contributed by atoms with E-state index in [4.69, 9.17) is 9.47 Å². The van der Waals surface area contributed by atoms with Crippen molar-refractivity contribution in [2.24, 2.45) is 0 Å². The van der Waals surface area contributed by atoms with Crippen molar-refractivity contribution < 1.29 is 9.47 Å². The third-order valence-corrected chi connectivity index (χ3v) is 9.45. The number of benzene rings is 2. The highest BCUT2D eigenvalue weighted by Crippen LogP contribution is 2.26. The Bertz CT molecular complexity index is 887. The maximum atomic E-state index is 6.17. The highest BCUT2D eigenvalue weighted by atomic mass is 16.5. The predicted molar refractivity (Wildman–Crippen MR) is 199 cm³/mol. The number of hydrogen-bond acceptors (Lipinski definition) is 2. The largest absolute Gasteiger partial charge is 0.494 e. The van der Waals surface area contributed by atoms with Gasteiger partial charge in [0.1, 0.15) is 5.75 Å². The van der Waals surface area contributed by atoms with Gasteiger partial charge in [-0.15, -0.1) is 0 Å². The summed E-state index contributed by atoms with van der Waals surface area (Å²) in [6, 6.07) is 17.5. The van der Waals surface area contributed by atoms with Crippen LogP contribution in [0.25, 0.3) is 11.1 Å². The normalized spacial score (nSPS) is 12.1. The first-order valence-corrected chi connectivity index (χ1v) is 19.7. The minimum absolute atomic E-state index is 0.146. The second-order valence-corrected chi connectivity index (χ2v) is 13.6. The van der Waals surface area contributed by atoms with Crippen LogP contribution < -0.4 is 4.74 Å². The van der Waals surface area contributed by atoms with E-state index in [-0.39, 0.29) is 6.10 Å². The highest BCUT2D eigenvalue weighted by molar-refractivity contribution is 5.64. The van der Waals surface area contributed by atoms with Crippen molar-refractivity contribution >= 4 is 0 Å². The van der Waals surface area contributed by atoms with Crippen LogP contribution in [0, 0.1) is 0 Å². The summed E-state index contributed by atoms with van der Waals surface area (Å²) >= 11 is 0. The van der Waals surface area contributed by atoms with Crippen LogP contribution in [0.4, 0.5) is 0 Å². The van der Waals surface area contributed by atoms with Gasteiger partial charge in [-0.25, -0.2) is 0 Å². The Labute approximate surface area is 280 Å². The minimum atomic E-state index is 0.146. The van der Waals surface area contributed by atoms with Crippen molar-refractivity contribution in [2.45, 2.75) is 187 Å². The average Bonchev–Trinajstić information content (AvgIpc) is 3.07. The summed E-state index contributed by atoms with van der Waals surface area (Å²) in [6.45, 7) is 8.45. The molecule has 0 amide bonds. The average molecular weight is 621 g/mol. The summed E-state index contributed by atoms with van der Waals surface area (Å²) in [7, 11) is 0. The van der Waals surface area contributed by atoms with Gasteiger partial charge < -0.3 is 9.47 Å². The van der Waals surface area contributed by atoms with Crippen LogP contribution >= 0.6 is 0 Å². The lowest BCUT2D eigenvalue weighted by atomic mass is 10.0. The number of rotatable bonds is 31. The molecule has 0 N–H and O–H groups in total. The fourth-order valence-electron chi connectivity index (χ4n) is 6.30. The molecule has 2 aromatic carbocycles. The molecule has 0 aliphatic rings. The molecular weight excluding hydrogens is 548 g/mol. The Morgan fingerprint density at radius 2 is 0.733 bits per heavy atom. The molecule has 0 saturated carbocycles. The zero-order chi connectivity index (χ0) is 32.0. The smallest absolute Gasteiger partial charge is 0.119 e. The van der Waals surface area contributed by atoms with Gasteiger partial charge in [-0.3, -0.25) is 0 Å². The Balaban J connectivity index is 1.47. The summed E-state index contributed by atoms with van der Waals surface area (Å²) in [5.74, 6) is 0.981. The fraction of sp³-hybridized carbons (Fsp3) is 0.721. The third-order valence-electron chi connectivity index (χ3n) is 9.45. The summed E-state index contributed by atoms with van der Waals surface area (Å²) in [6.07, 6.45) is 34.6. The highest BCUT2D eigenvalue weighted by Gasteiger charge is 2.07. The number of hydrogen-bond donors (Lipinski definition) is 0. The van der Waals surface area contributed by atoms with Crippen molar-refractivity contribution in [3.05, 3.63) is 54.1 Å². The Kier molecular flexibility index (Phi) is 24.9. The van der Waals surface area contributed by atoms with Crippen LogP contribution in [0.1, 0.15) is 193 Å². The van der Waals surface area contributed by atoms with Gasteiger partial charge in [0.2, 0.25) is 0 Å². The molecule has 2 heteroatoms. The van der Waals surface area contributed by atoms with E-state index < -0.39 is 0 Å². The molecule has 0 aromatic heterocycles. The Morgan fingerprint density at radius 3 is 1.13 bits per heavy atom. The number of unbranched alkanes of at least 4 members (excludes halogenated alkanes) is 23. The van der Waals surface area contributed by atoms with Crippen molar-refractivity contribution in [2.75, 3.05) is 13.2 Å². The molecule has 0 spiro atoms. The molecule has 0 heterocycles. The maximum absolute atomic E-state index is 6.17. The second kappa shape index (κ2) is 28.4. The summed E-state index contributed by atoms with van der Waals surface area (Å²) in [5.41, 5.74) is 3.74. The van der Waals surface area contributed by atoms with Gasteiger partial charge >= 0.3 is 0 Å². The monoisotopic (exact) mass is 621 g/mol. The predicted octanol–water partition coefficient (Wildman–Crippen LogP) is 14.6. The molecule has 0 fully saturated rings. The molecular formula is C43H72O2. The molecule has 1 unspecified atom stereocenters. The molecule has 0 bridgehead atoms. The summed E-state index contributed by atoms with van der Waals surface area (Å²) < 4.78 is 12.2. The zero-order valence-electron chi connectivity index (χ0n) is 30.1. The minimum Gasteiger partial charge on any atom is -0.494 e. The van der Waals surface area contributed by atoms with E-state index in [1.54, 1.807) is 0 Å². The first-order chi connectivity index (χ1) is 22.2. The molecule has 256 valence electrons. The van der Waals surface area contributed by atoms with Crippen molar-refractivity contribution in [3.8, 4) is 16.9 Å². The van der Waals surface area contributed by atoms with E-state index in [1.807, 2.05) is 0 Å². The van der Waals surface area contributed by atoms with Gasteiger partial charge in [0.15, 0.2) is 0 Å². The van der Waals surface area contributed by atoms with E-state index in [2.05, 4.69) is 69.3 Å². The SMILES string of the molecule is CCCCCCCCCCCCCCCOc1ccc(-c2ccc(C(C)OCCCCCCCCCCCCCC)cc2)cc1. The lowest BCUT2D eigenvalue weighted by Gasteiger charge is -2.14.